The fraction of sp³-hybridized carbons (Fsp3) is 0.462. The molecule has 4 nitrogen and oxygen atoms in total. The Morgan fingerprint density at radius 3 is 2.80 bits per heavy atom. The van der Waals surface area contributed by atoms with Crippen LogP contribution in [-0.4, -0.2) is 43.1 Å². The van der Waals surface area contributed by atoms with Crippen LogP contribution in [0.5, 0.6) is 0 Å². The first-order valence-electron chi connectivity index (χ1n) is 6.24. The molecule has 1 aromatic carbocycles. The maximum Gasteiger partial charge on any atom is 0.169 e. The van der Waals surface area contributed by atoms with E-state index < -0.39 is 15.2 Å². The maximum absolute atomic E-state index is 12.0. The summed E-state index contributed by atoms with van der Waals surface area (Å²) in [5.74, 6) is 1.47. The Hall–Kier alpha value is -0.790. The first kappa shape index (κ1) is 15.6. The molecule has 1 saturated heterocycles. The van der Waals surface area contributed by atoms with Crippen molar-refractivity contribution >= 4 is 44.5 Å². The Morgan fingerprint density at radius 1 is 1.50 bits per heavy atom. The number of benzene rings is 1. The largest absolute Gasteiger partial charge is 0.389 e. The molecule has 0 bridgehead atoms. The molecule has 0 radical (unpaired) electrons. The van der Waals surface area contributed by atoms with Crippen molar-refractivity contribution in [3.8, 4) is 0 Å². The highest BCUT2D eigenvalue weighted by Crippen LogP contribution is 2.30. The molecule has 1 aromatic rings. The summed E-state index contributed by atoms with van der Waals surface area (Å²) in [6.07, 6.45) is 1.28. The average molecular weight is 331 g/mol. The molecule has 1 fully saturated rings. The number of hydrogen-bond acceptors (Lipinski definition) is 5. The number of anilines is 1. The SMILES string of the molecule is Cc1ccc(N2CCSCC2S(C)(=O)=O)c(C(N)=S)c1. The van der Waals surface area contributed by atoms with Gasteiger partial charge in [-0.3, -0.25) is 0 Å². The van der Waals surface area contributed by atoms with Gasteiger partial charge in [-0.25, -0.2) is 8.42 Å². The lowest BCUT2D eigenvalue weighted by molar-refractivity contribution is 0.584. The second-order valence-corrected chi connectivity index (χ2v) is 8.73. The molecule has 0 aliphatic carbocycles. The third-order valence-corrected chi connectivity index (χ3v) is 6.17. The quantitative estimate of drug-likeness (QED) is 0.849. The topological polar surface area (TPSA) is 63.4 Å². The van der Waals surface area contributed by atoms with Crippen LogP contribution >= 0.6 is 24.0 Å². The number of nitrogens with zero attached hydrogens (tertiary/aromatic N) is 1. The number of nitrogens with two attached hydrogens (primary N) is 1. The van der Waals surface area contributed by atoms with E-state index in [1.165, 1.54) is 6.26 Å². The lowest BCUT2D eigenvalue weighted by Gasteiger charge is -2.37. The van der Waals surface area contributed by atoms with Crippen molar-refractivity contribution < 1.29 is 8.42 Å². The zero-order valence-corrected chi connectivity index (χ0v) is 13.9. The maximum atomic E-state index is 12.0. The summed E-state index contributed by atoms with van der Waals surface area (Å²) in [6.45, 7) is 2.65. The summed E-state index contributed by atoms with van der Waals surface area (Å²) in [6, 6.07) is 5.79. The molecule has 0 saturated carbocycles. The fourth-order valence-corrected chi connectivity index (χ4v) is 5.31. The van der Waals surface area contributed by atoms with Crippen molar-refractivity contribution in [1.82, 2.24) is 0 Å². The highest BCUT2D eigenvalue weighted by Gasteiger charge is 2.32. The van der Waals surface area contributed by atoms with Crippen molar-refractivity contribution in [2.75, 3.05) is 29.2 Å². The molecular formula is C13H18N2O2S3. The zero-order chi connectivity index (χ0) is 14.9. The van der Waals surface area contributed by atoms with Gasteiger partial charge in [-0.2, -0.15) is 11.8 Å². The molecule has 110 valence electrons. The van der Waals surface area contributed by atoms with Crippen LogP contribution in [0.3, 0.4) is 0 Å². The first-order chi connectivity index (χ1) is 9.30. The second-order valence-electron chi connectivity index (χ2n) is 4.94. The normalized spacial score (nSPS) is 19.9. The fourth-order valence-electron chi connectivity index (χ4n) is 2.31. The Bertz CT molecular complexity index is 629. The van der Waals surface area contributed by atoms with Crippen molar-refractivity contribution in [3.05, 3.63) is 29.3 Å². The van der Waals surface area contributed by atoms with Crippen LogP contribution in [0, 0.1) is 6.92 Å². The number of aryl methyl sites for hydroxylation is 1. The molecule has 2 rings (SSSR count). The van der Waals surface area contributed by atoms with Crippen LogP contribution in [0.2, 0.25) is 0 Å². The van der Waals surface area contributed by atoms with Gasteiger partial charge in [0.05, 0.1) is 0 Å². The minimum Gasteiger partial charge on any atom is -0.389 e. The first-order valence-corrected chi connectivity index (χ1v) is 9.76. The third kappa shape index (κ3) is 3.27. The standard InChI is InChI=1S/C13H18N2O2S3/c1-9-3-4-11(10(7-9)13(14)18)15-5-6-19-8-12(15)20(2,16)17/h3-4,7,12H,5-6,8H2,1-2H3,(H2,14,18). The van der Waals surface area contributed by atoms with E-state index in [-0.39, 0.29) is 0 Å². The molecule has 7 heteroatoms. The number of thioether (sulfide) groups is 1. The van der Waals surface area contributed by atoms with Crippen molar-refractivity contribution in [1.29, 1.82) is 0 Å². The number of rotatable bonds is 3. The lowest BCUT2D eigenvalue weighted by atomic mass is 10.1. The van der Waals surface area contributed by atoms with Crippen molar-refractivity contribution in [2.24, 2.45) is 5.73 Å². The summed E-state index contributed by atoms with van der Waals surface area (Å²) in [5, 5.41) is -0.517. The molecule has 1 aliphatic heterocycles. The molecule has 0 amide bonds. The highest BCUT2D eigenvalue weighted by molar-refractivity contribution is 8.01. The number of thiocarbonyl (C=S) groups is 1. The zero-order valence-electron chi connectivity index (χ0n) is 11.5. The van der Waals surface area contributed by atoms with E-state index in [4.69, 9.17) is 18.0 Å². The summed E-state index contributed by atoms with van der Waals surface area (Å²) in [5.41, 5.74) is 8.42. The average Bonchev–Trinajstić information content (AvgIpc) is 2.37. The minimum atomic E-state index is -3.15. The van der Waals surface area contributed by atoms with Crippen LogP contribution in [0.15, 0.2) is 18.2 Å². The van der Waals surface area contributed by atoms with Crippen LogP contribution in [0.1, 0.15) is 11.1 Å². The Morgan fingerprint density at radius 2 is 2.20 bits per heavy atom. The lowest BCUT2D eigenvalue weighted by Crippen LogP contribution is -2.47. The van der Waals surface area contributed by atoms with Gasteiger partial charge in [-0.05, 0) is 19.1 Å². The Kier molecular flexibility index (Phi) is 4.61. The van der Waals surface area contributed by atoms with Gasteiger partial charge in [-0.1, -0.05) is 23.8 Å². The second kappa shape index (κ2) is 5.91. The van der Waals surface area contributed by atoms with Crippen molar-refractivity contribution in [2.45, 2.75) is 12.3 Å². The molecule has 20 heavy (non-hydrogen) atoms. The van der Waals surface area contributed by atoms with Crippen LogP contribution in [-0.2, 0) is 9.84 Å². The van der Waals surface area contributed by atoms with E-state index in [2.05, 4.69) is 0 Å². The summed E-state index contributed by atoms with van der Waals surface area (Å²) in [4.78, 5) is 2.22. The smallest absolute Gasteiger partial charge is 0.169 e. The predicted molar refractivity (Wildman–Crippen MR) is 90.4 cm³/mol. The number of sulfone groups is 1. The Balaban J connectivity index is 2.50. The van der Waals surface area contributed by atoms with Crippen LogP contribution in [0.25, 0.3) is 0 Å². The molecule has 0 spiro atoms. The summed E-state index contributed by atoms with van der Waals surface area (Å²) in [7, 11) is -3.15. The van der Waals surface area contributed by atoms with E-state index in [9.17, 15) is 8.42 Å². The van der Waals surface area contributed by atoms with Crippen LogP contribution in [0.4, 0.5) is 5.69 Å². The molecule has 1 heterocycles. The minimum absolute atomic E-state index is 0.300. The molecule has 2 N–H and O–H groups in total. The van der Waals surface area contributed by atoms with Gasteiger partial charge in [0.2, 0.25) is 0 Å². The summed E-state index contributed by atoms with van der Waals surface area (Å²) < 4.78 is 24.0. The molecule has 1 unspecified atom stereocenters. The van der Waals surface area contributed by atoms with Crippen LogP contribution < -0.4 is 10.6 Å². The molecule has 1 aliphatic rings. The van der Waals surface area contributed by atoms with E-state index in [0.29, 0.717) is 17.3 Å². The van der Waals surface area contributed by atoms with E-state index in [0.717, 1.165) is 22.6 Å². The third-order valence-electron chi connectivity index (χ3n) is 3.31. The number of hydrogen-bond donors (Lipinski definition) is 1. The molecule has 1 atom stereocenters. The van der Waals surface area contributed by atoms with Gasteiger partial charge in [0.15, 0.2) is 9.84 Å². The molecular weight excluding hydrogens is 312 g/mol. The summed E-state index contributed by atoms with van der Waals surface area (Å²) >= 11 is 6.77. The van der Waals surface area contributed by atoms with Gasteiger partial charge in [0.25, 0.3) is 0 Å². The van der Waals surface area contributed by atoms with E-state index in [1.54, 1.807) is 11.8 Å². The molecule has 0 aromatic heterocycles. The van der Waals surface area contributed by atoms with Crippen molar-refractivity contribution in [3.63, 3.8) is 0 Å². The van der Waals surface area contributed by atoms with Gasteiger partial charge >= 0.3 is 0 Å². The predicted octanol–water partition coefficient (Wildman–Crippen LogP) is 1.55. The van der Waals surface area contributed by atoms with E-state index in [1.807, 2.05) is 30.0 Å². The Labute approximate surface area is 129 Å². The van der Waals surface area contributed by atoms with Gasteiger partial charge < -0.3 is 10.6 Å². The van der Waals surface area contributed by atoms with Gasteiger partial charge in [0.1, 0.15) is 10.4 Å². The monoisotopic (exact) mass is 330 g/mol. The van der Waals surface area contributed by atoms with Gasteiger partial charge in [0, 0.05) is 35.6 Å². The highest BCUT2D eigenvalue weighted by atomic mass is 32.2. The van der Waals surface area contributed by atoms with Gasteiger partial charge in [-0.15, -0.1) is 0 Å². The van der Waals surface area contributed by atoms with E-state index >= 15 is 0 Å².